The van der Waals surface area contributed by atoms with Crippen molar-refractivity contribution in [3.05, 3.63) is 51.8 Å². The minimum atomic E-state index is -0.970. The number of non-ortho nitro benzene ring substituents is 1. The molecule has 0 aliphatic carbocycles. The minimum Gasteiger partial charge on any atom is -0.481 e. The Bertz CT molecular complexity index is 605. The van der Waals surface area contributed by atoms with Crippen molar-refractivity contribution in [2.45, 2.75) is 13.0 Å². The standard InChI is InChI=1S/C11H10N4O4/c16-11(17)5-9-7-14(13-12-9)6-8-1-3-10(4-2-8)15(18)19/h1-4,7H,5-6H2,(H,16,17). The van der Waals surface area contributed by atoms with E-state index in [-0.39, 0.29) is 12.1 Å². The number of benzene rings is 1. The van der Waals surface area contributed by atoms with E-state index in [1.54, 1.807) is 12.1 Å². The third-order valence-electron chi connectivity index (χ3n) is 2.41. The molecule has 0 bridgehead atoms. The van der Waals surface area contributed by atoms with Crippen molar-refractivity contribution in [1.29, 1.82) is 0 Å². The average molecular weight is 262 g/mol. The molecule has 0 amide bonds. The van der Waals surface area contributed by atoms with Crippen LogP contribution >= 0.6 is 0 Å². The van der Waals surface area contributed by atoms with E-state index in [0.717, 1.165) is 5.56 Å². The van der Waals surface area contributed by atoms with Gasteiger partial charge < -0.3 is 5.11 Å². The van der Waals surface area contributed by atoms with Gasteiger partial charge in [-0.2, -0.15) is 0 Å². The van der Waals surface area contributed by atoms with Gasteiger partial charge in [0.1, 0.15) is 0 Å². The van der Waals surface area contributed by atoms with Crippen LogP contribution in [-0.4, -0.2) is 31.0 Å². The van der Waals surface area contributed by atoms with E-state index in [4.69, 9.17) is 5.11 Å². The summed E-state index contributed by atoms with van der Waals surface area (Å²) in [4.78, 5) is 20.5. The highest BCUT2D eigenvalue weighted by Crippen LogP contribution is 2.12. The number of rotatable bonds is 5. The fourth-order valence-electron chi connectivity index (χ4n) is 1.56. The molecule has 0 radical (unpaired) electrons. The molecule has 0 spiro atoms. The lowest BCUT2D eigenvalue weighted by atomic mass is 10.2. The van der Waals surface area contributed by atoms with Gasteiger partial charge >= 0.3 is 5.97 Å². The third-order valence-corrected chi connectivity index (χ3v) is 2.41. The molecule has 8 nitrogen and oxygen atoms in total. The van der Waals surface area contributed by atoms with Gasteiger partial charge in [0.25, 0.3) is 5.69 Å². The van der Waals surface area contributed by atoms with Gasteiger partial charge in [-0.15, -0.1) is 5.10 Å². The molecule has 19 heavy (non-hydrogen) atoms. The maximum atomic E-state index is 10.5. The zero-order chi connectivity index (χ0) is 13.8. The van der Waals surface area contributed by atoms with Gasteiger partial charge in [-0.25, -0.2) is 4.68 Å². The first-order valence-electron chi connectivity index (χ1n) is 5.39. The molecular formula is C11H10N4O4. The first kappa shape index (κ1) is 12.7. The molecule has 98 valence electrons. The first-order chi connectivity index (χ1) is 9.04. The van der Waals surface area contributed by atoms with Gasteiger partial charge in [0.2, 0.25) is 0 Å². The number of hydrogen-bond donors (Lipinski definition) is 1. The van der Waals surface area contributed by atoms with Crippen molar-refractivity contribution in [3.8, 4) is 0 Å². The summed E-state index contributed by atoms with van der Waals surface area (Å²) in [5.74, 6) is -0.970. The Kier molecular flexibility index (Phi) is 3.51. The Labute approximate surface area is 107 Å². The molecule has 0 fully saturated rings. The highest BCUT2D eigenvalue weighted by Gasteiger charge is 2.07. The molecule has 8 heteroatoms. The Morgan fingerprint density at radius 2 is 2.05 bits per heavy atom. The highest BCUT2D eigenvalue weighted by molar-refractivity contribution is 5.69. The van der Waals surface area contributed by atoms with Crippen LogP contribution in [0.2, 0.25) is 0 Å². The molecule has 1 N–H and O–H groups in total. The molecule has 0 unspecified atom stereocenters. The summed E-state index contributed by atoms with van der Waals surface area (Å²) in [6, 6.07) is 6.06. The first-order valence-corrected chi connectivity index (χ1v) is 5.39. The van der Waals surface area contributed by atoms with Crippen molar-refractivity contribution < 1.29 is 14.8 Å². The van der Waals surface area contributed by atoms with Crippen molar-refractivity contribution in [2.75, 3.05) is 0 Å². The number of carbonyl (C=O) groups is 1. The summed E-state index contributed by atoms with van der Waals surface area (Å²) in [5.41, 5.74) is 1.21. The van der Waals surface area contributed by atoms with E-state index in [1.807, 2.05) is 0 Å². The molecule has 1 heterocycles. The van der Waals surface area contributed by atoms with E-state index in [9.17, 15) is 14.9 Å². The van der Waals surface area contributed by atoms with Crippen LogP contribution in [0.5, 0.6) is 0 Å². The second kappa shape index (κ2) is 5.25. The van der Waals surface area contributed by atoms with E-state index in [0.29, 0.717) is 12.2 Å². The quantitative estimate of drug-likeness (QED) is 0.631. The number of carboxylic acid groups (broad SMARTS) is 1. The maximum Gasteiger partial charge on any atom is 0.309 e. The molecule has 2 rings (SSSR count). The van der Waals surface area contributed by atoms with Crippen LogP contribution in [0.25, 0.3) is 0 Å². The van der Waals surface area contributed by atoms with Crippen LogP contribution in [0.1, 0.15) is 11.3 Å². The van der Waals surface area contributed by atoms with Gasteiger partial charge in [-0.1, -0.05) is 17.3 Å². The smallest absolute Gasteiger partial charge is 0.309 e. The second-order valence-corrected chi connectivity index (χ2v) is 3.90. The lowest BCUT2D eigenvalue weighted by molar-refractivity contribution is -0.384. The summed E-state index contributed by atoms with van der Waals surface area (Å²) in [5, 5.41) is 26.6. The van der Waals surface area contributed by atoms with Crippen LogP contribution in [0.3, 0.4) is 0 Å². The van der Waals surface area contributed by atoms with E-state index < -0.39 is 10.9 Å². The average Bonchev–Trinajstić information content (AvgIpc) is 2.76. The highest BCUT2D eigenvalue weighted by atomic mass is 16.6. The number of nitrogens with zero attached hydrogens (tertiary/aromatic N) is 4. The van der Waals surface area contributed by atoms with Crippen molar-refractivity contribution >= 4 is 11.7 Å². The zero-order valence-electron chi connectivity index (χ0n) is 9.76. The topological polar surface area (TPSA) is 111 Å². The second-order valence-electron chi connectivity index (χ2n) is 3.90. The fourth-order valence-corrected chi connectivity index (χ4v) is 1.56. The summed E-state index contributed by atoms with van der Waals surface area (Å²) in [6.45, 7) is 0.380. The van der Waals surface area contributed by atoms with Gasteiger partial charge in [0, 0.05) is 18.3 Å². The van der Waals surface area contributed by atoms with Crippen molar-refractivity contribution in [1.82, 2.24) is 15.0 Å². The molecule has 2 aromatic rings. The number of hydrogen-bond acceptors (Lipinski definition) is 5. The summed E-state index contributed by atoms with van der Waals surface area (Å²) in [7, 11) is 0. The lowest BCUT2D eigenvalue weighted by Gasteiger charge is -2.00. The van der Waals surface area contributed by atoms with E-state index >= 15 is 0 Å². The van der Waals surface area contributed by atoms with E-state index in [1.165, 1.54) is 23.0 Å². The summed E-state index contributed by atoms with van der Waals surface area (Å²) in [6.07, 6.45) is 1.36. The Balaban J connectivity index is 2.06. The number of aliphatic carboxylic acids is 1. The zero-order valence-corrected chi connectivity index (χ0v) is 9.76. The summed E-state index contributed by atoms with van der Waals surface area (Å²) < 4.78 is 1.49. The van der Waals surface area contributed by atoms with Crippen molar-refractivity contribution in [3.63, 3.8) is 0 Å². The SMILES string of the molecule is O=C(O)Cc1cn(Cc2ccc([N+](=O)[O-])cc2)nn1. The molecule has 1 aromatic heterocycles. The number of aromatic nitrogens is 3. The molecule has 0 aliphatic rings. The minimum absolute atomic E-state index is 0.0221. The van der Waals surface area contributed by atoms with Crippen LogP contribution in [0.4, 0.5) is 5.69 Å². The monoisotopic (exact) mass is 262 g/mol. The van der Waals surface area contributed by atoms with Gasteiger partial charge in [0.15, 0.2) is 0 Å². The molecule has 0 aliphatic heterocycles. The van der Waals surface area contributed by atoms with Crippen LogP contribution in [-0.2, 0) is 17.8 Å². The molecule has 0 atom stereocenters. The molecule has 0 saturated carbocycles. The predicted molar refractivity (Wildman–Crippen MR) is 63.6 cm³/mol. The van der Waals surface area contributed by atoms with Crippen LogP contribution < -0.4 is 0 Å². The number of nitro groups is 1. The van der Waals surface area contributed by atoms with Gasteiger partial charge in [0.05, 0.1) is 23.6 Å². The summed E-state index contributed by atoms with van der Waals surface area (Å²) >= 11 is 0. The third kappa shape index (κ3) is 3.35. The maximum absolute atomic E-state index is 10.5. The molecular weight excluding hydrogens is 252 g/mol. The molecule has 0 saturated heterocycles. The Hall–Kier alpha value is -2.77. The van der Waals surface area contributed by atoms with Gasteiger partial charge in [-0.05, 0) is 5.56 Å². The largest absolute Gasteiger partial charge is 0.481 e. The fraction of sp³-hybridized carbons (Fsp3) is 0.182. The van der Waals surface area contributed by atoms with E-state index in [2.05, 4.69) is 10.3 Å². The van der Waals surface area contributed by atoms with Gasteiger partial charge in [-0.3, -0.25) is 14.9 Å². The predicted octanol–water partition coefficient (Wildman–Crippen LogP) is 0.862. The van der Waals surface area contributed by atoms with Crippen molar-refractivity contribution in [2.24, 2.45) is 0 Å². The molecule has 1 aromatic carbocycles. The van der Waals surface area contributed by atoms with Crippen LogP contribution in [0.15, 0.2) is 30.5 Å². The lowest BCUT2D eigenvalue weighted by Crippen LogP contribution is -2.01. The van der Waals surface area contributed by atoms with Crippen LogP contribution in [0, 0.1) is 10.1 Å². The number of carboxylic acids is 1. The Morgan fingerprint density at radius 1 is 1.37 bits per heavy atom. The normalized spacial score (nSPS) is 10.3. The number of nitro benzene ring substituents is 1. The Morgan fingerprint density at radius 3 is 2.63 bits per heavy atom.